The molecule has 0 bridgehead atoms. The van der Waals surface area contributed by atoms with E-state index in [9.17, 15) is 4.79 Å². The molecule has 1 N–H and O–H groups in total. The van der Waals surface area contributed by atoms with Gasteiger partial charge in [0.25, 0.3) is 5.91 Å². The maximum Gasteiger partial charge on any atom is 0.287 e. The van der Waals surface area contributed by atoms with Gasteiger partial charge in [-0.2, -0.15) is 0 Å². The van der Waals surface area contributed by atoms with Gasteiger partial charge in [0.1, 0.15) is 0 Å². The van der Waals surface area contributed by atoms with Gasteiger partial charge in [-0.25, -0.2) is 0 Å². The summed E-state index contributed by atoms with van der Waals surface area (Å²) in [4.78, 5) is 14.1. The molecule has 1 aromatic heterocycles. The normalized spacial score (nSPS) is 23.8. The fraction of sp³-hybridized carbons (Fsp3) is 0.643. The average Bonchev–Trinajstić information content (AvgIpc) is 2.80. The van der Waals surface area contributed by atoms with Crippen molar-refractivity contribution in [3.8, 4) is 0 Å². The van der Waals surface area contributed by atoms with Crippen LogP contribution in [0.1, 0.15) is 30.8 Å². The second-order valence-corrected chi connectivity index (χ2v) is 5.60. The SMILES string of the molecule is CC1CN(CCCNC(=O)c2ccc(Cl)o2)CC(C)O1. The van der Waals surface area contributed by atoms with Crippen molar-refractivity contribution in [3.05, 3.63) is 23.1 Å². The number of nitrogens with one attached hydrogen (secondary N) is 1. The summed E-state index contributed by atoms with van der Waals surface area (Å²) < 4.78 is 10.7. The second kappa shape index (κ2) is 7.11. The Hall–Kier alpha value is -1.04. The van der Waals surface area contributed by atoms with Crippen LogP contribution in [0.2, 0.25) is 5.22 Å². The smallest absolute Gasteiger partial charge is 0.287 e. The third-order valence-electron chi connectivity index (χ3n) is 3.23. The number of ether oxygens (including phenoxy) is 1. The van der Waals surface area contributed by atoms with Crippen molar-refractivity contribution in [1.82, 2.24) is 10.2 Å². The third-order valence-corrected chi connectivity index (χ3v) is 3.43. The van der Waals surface area contributed by atoms with Crippen LogP contribution in [0.4, 0.5) is 0 Å². The summed E-state index contributed by atoms with van der Waals surface area (Å²) in [5.41, 5.74) is 0. The number of furan rings is 1. The highest BCUT2D eigenvalue weighted by atomic mass is 35.5. The summed E-state index contributed by atoms with van der Waals surface area (Å²) in [6.07, 6.45) is 1.46. The molecule has 20 heavy (non-hydrogen) atoms. The van der Waals surface area contributed by atoms with E-state index in [1.165, 1.54) is 0 Å². The standard InChI is InChI=1S/C14H21ClN2O3/c1-10-8-17(9-11(2)19-10)7-3-6-16-14(18)12-4-5-13(15)20-12/h4-5,10-11H,3,6-9H2,1-2H3,(H,16,18). The number of carbonyl (C=O) groups excluding carboxylic acids is 1. The highest BCUT2D eigenvalue weighted by molar-refractivity contribution is 6.29. The Morgan fingerprint density at radius 3 is 2.70 bits per heavy atom. The molecule has 0 spiro atoms. The van der Waals surface area contributed by atoms with Gasteiger partial charge in [-0.3, -0.25) is 9.69 Å². The minimum Gasteiger partial charge on any atom is -0.440 e. The number of amides is 1. The summed E-state index contributed by atoms with van der Waals surface area (Å²) in [6, 6.07) is 3.13. The van der Waals surface area contributed by atoms with Gasteiger partial charge in [0.05, 0.1) is 12.2 Å². The van der Waals surface area contributed by atoms with Crippen LogP contribution in [0, 0.1) is 0 Å². The van der Waals surface area contributed by atoms with E-state index in [4.69, 9.17) is 20.8 Å². The Labute approximate surface area is 124 Å². The first-order chi connectivity index (χ1) is 9.54. The first-order valence-electron chi connectivity index (χ1n) is 6.96. The maximum absolute atomic E-state index is 11.7. The van der Waals surface area contributed by atoms with E-state index >= 15 is 0 Å². The van der Waals surface area contributed by atoms with E-state index in [0.717, 1.165) is 26.1 Å². The van der Waals surface area contributed by atoms with Gasteiger partial charge in [0.15, 0.2) is 11.0 Å². The number of morpholine rings is 1. The molecule has 112 valence electrons. The highest BCUT2D eigenvalue weighted by Gasteiger charge is 2.21. The molecular formula is C14H21ClN2O3. The number of hydrogen-bond acceptors (Lipinski definition) is 4. The van der Waals surface area contributed by atoms with Gasteiger partial charge in [-0.1, -0.05) is 0 Å². The first-order valence-corrected chi connectivity index (χ1v) is 7.33. The van der Waals surface area contributed by atoms with Crippen molar-refractivity contribution in [1.29, 1.82) is 0 Å². The summed E-state index contributed by atoms with van der Waals surface area (Å²) >= 11 is 5.63. The average molecular weight is 301 g/mol. The zero-order chi connectivity index (χ0) is 14.5. The molecule has 2 rings (SSSR count). The number of carbonyl (C=O) groups is 1. The van der Waals surface area contributed by atoms with Gasteiger partial charge in [0, 0.05) is 26.2 Å². The highest BCUT2D eigenvalue weighted by Crippen LogP contribution is 2.13. The van der Waals surface area contributed by atoms with E-state index in [-0.39, 0.29) is 29.1 Å². The largest absolute Gasteiger partial charge is 0.440 e. The Kier molecular flexibility index (Phi) is 5.46. The van der Waals surface area contributed by atoms with E-state index in [0.29, 0.717) is 6.54 Å². The van der Waals surface area contributed by atoms with Crippen molar-refractivity contribution in [2.24, 2.45) is 0 Å². The number of hydrogen-bond donors (Lipinski definition) is 1. The lowest BCUT2D eigenvalue weighted by atomic mass is 10.2. The fourth-order valence-corrected chi connectivity index (χ4v) is 2.64. The van der Waals surface area contributed by atoms with Crippen molar-refractivity contribution >= 4 is 17.5 Å². The molecule has 0 aliphatic carbocycles. The lowest BCUT2D eigenvalue weighted by molar-refractivity contribution is -0.0680. The fourth-order valence-electron chi connectivity index (χ4n) is 2.49. The molecule has 2 heterocycles. The molecule has 2 unspecified atom stereocenters. The Morgan fingerprint density at radius 2 is 2.10 bits per heavy atom. The predicted molar refractivity (Wildman–Crippen MR) is 77.1 cm³/mol. The van der Waals surface area contributed by atoms with Gasteiger partial charge in [0.2, 0.25) is 0 Å². The molecule has 5 nitrogen and oxygen atoms in total. The van der Waals surface area contributed by atoms with Gasteiger partial charge in [-0.15, -0.1) is 0 Å². The lowest BCUT2D eigenvalue weighted by Gasteiger charge is -2.35. The molecule has 0 aromatic carbocycles. The van der Waals surface area contributed by atoms with Crippen LogP contribution in [-0.4, -0.2) is 49.2 Å². The quantitative estimate of drug-likeness (QED) is 0.847. The zero-order valence-corrected chi connectivity index (χ0v) is 12.7. The number of rotatable bonds is 5. The molecule has 1 amide bonds. The number of nitrogens with zero attached hydrogens (tertiary/aromatic N) is 1. The summed E-state index contributed by atoms with van der Waals surface area (Å²) in [7, 11) is 0. The minimum absolute atomic E-state index is 0.222. The van der Waals surface area contributed by atoms with Gasteiger partial charge >= 0.3 is 0 Å². The molecule has 0 radical (unpaired) electrons. The molecule has 6 heteroatoms. The van der Waals surface area contributed by atoms with Crippen molar-refractivity contribution in [3.63, 3.8) is 0 Å². The summed E-state index contributed by atoms with van der Waals surface area (Å²) in [6.45, 7) is 7.66. The molecule has 0 saturated carbocycles. The molecular weight excluding hydrogens is 280 g/mol. The molecule has 2 atom stereocenters. The molecule has 1 fully saturated rings. The molecule has 1 saturated heterocycles. The third kappa shape index (κ3) is 4.51. The predicted octanol–water partition coefficient (Wildman–Crippen LogP) is 2.16. The number of halogens is 1. The van der Waals surface area contributed by atoms with Crippen LogP contribution in [0.3, 0.4) is 0 Å². The van der Waals surface area contributed by atoms with Crippen LogP contribution < -0.4 is 5.32 Å². The van der Waals surface area contributed by atoms with E-state index in [2.05, 4.69) is 24.1 Å². The van der Waals surface area contributed by atoms with Crippen molar-refractivity contribution in [2.45, 2.75) is 32.5 Å². The Balaban J connectivity index is 1.65. The van der Waals surface area contributed by atoms with E-state index in [1.807, 2.05) is 0 Å². The Bertz CT molecular complexity index is 439. The van der Waals surface area contributed by atoms with Crippen LogP contribution in [-0.2, 0) is 4.74 Å². The van der Waals surface area contributed by atoms with Gasteiger partial charge < -0.3 is 14.5 Å². The monoisotopic (exact) mass is 300 g/mol. The summed E-state index contributed by atoms with van der Waals surface area (Å²) in [5.74, 6) is 0.0317. The Morgan fingerprint density at radius 1 is 1.40 bits per heavy atom. The molecule has 1 aliphatic rings. The first kappa shape index (κ1) is 15.4. The van der Waals surface area contributed by atoms with Crippen LogP contribution in [0.5, 0.6) is 0 Å². The van der Waals surface area contributed by atoms with Crippen LogP contribution in [0.25, 0.3) is 0 Å². The van der Waals surface area contributed by atoms with E-state index in [1.54, 1.807) is 12.1 Å². The van der Waals surface area contributed by atoms with Crippen LogP contribution in [0.15, 0.2) is 16.5 Å². The molecule has 1 aliphatic heterocycles. The maximum atomic E-state index is 11.7. The second-order valence-electron chi connectivity index (χ2n) is 5.23. The van der Waals surface area contributed by atoms with Crippen LogP contribution >= 0.6 is 11.6 Å². The minimum atomic E-state index is -0.222. The van der Waals surface area contributed by atoms with Crippen molar-refractivity contribution in [2.75, 3.05) is 26.2 Å². The molecule has 1 aromatic rings. The van der Waals surface area contributed by atoms with Crippen molar-refractivity contribution < 1.29 is 13.9 Å². The lowest BCUT2D eigenvalue weighted by Crippen LogP contribution is -2.46. The summed E-state index contributed by atoms with van der Waals surface area (Å²) in [5, 5.41) is 3.05. The van der Waals surface area contributed by atoms with Gasteiger partial charge in [-0.05, 0) is 44.0 Å². The van der Waals surface area contributed by atoms with E-state index < -0.39 is 0 Å². The topological polar surface area (TPSA) is 54.7 Å². The zero-order valence-electron chi connectivity index (χ0n) is 11.9.